The second-order valence-electron chi connectivity index (χ2n) is 5.10. The van der Waals surface area contributed by atoms with Crippen molar-refractivity contribution in [1.82, 2.24) is 4.98 Å². The van der Waals surface area contributed by atoms with E-state index in [2.05, 4.69) is 15.6 Å². The smallest absolute Gasteiger partial charge is 0.291 e. The van der Waals surface area contributed by atoms with E-state index >= 15 is 0 Å². The van der Waals surface area contributed by atoms with Crippen LogP contribution in [0.2, 0.25) is 0 Å². The molecule has 0 saturated carbocycles. The maximum atomic E-state index is 12.4. The molecule has 0 fully saturated rings. The highest BCUT2D eigenvalue weighted by Gasteiger charge is 2.18. The van der Waals surface area contributed by atoms with Gasteiger partial charge in [-0.1, -0.05) is 0 Å². The largest absolute Gasteiger partial charge is 0.459 e. The van der Waals surface area contributed by atoms with Crippen LogP contribution in [0.3, 0.4) is 0 Å². The number of aromatic nitrogens is 1. The third kappa shape index (κ3) is 3.83. The van der Waals surface area contributed by atoms with Crippen LogP contribution in [0.4, 0.5) is 10.1 Å². The minimum Gasteiger partial charge on any atom is -0.459 e. The molecule has 3 aromatic rings. The van der Waals surface area contributed by atoms with Gasteiger partial charge in [-0.15, -0.1) is 22.7 Å². The number of nitrogens with one attached hydrogen (secondary N) is 2. The summed E-state index contributed by atoms with van der Waals surface area (Å²) in [6, 6.07) is 4.89. The Morgan fingerprint density at radius 3 is 2.64 bits per heavy atom. The quantitative estimate of drug-likeness (QED) is 0.660. The highest BCUT2D eigenvalue weighted by atomic mass is 32.1. The number of anilines is 2. The summed E-state index contributed by atoms with van der Waals surface area (Å²) in [5.41, 5.74) is 1.04. The van der Waals surface area contributed by atoms with Gasteiger partial charge in [0.1, 0.15) is 5.69 Å². The number of rotatable bonds is 5. The number of carbonyl (C=O) groups excluding carboxylic acids is 3. The average molecular weight is 375 g/mol. The Balaban J connectivity index is 1.71. The van der Waals surface area contributed by atoms with Crippen LogP contribution < -0.4 is 10.6 Å². The molecule has 0 aromatic carbocycles. The van der Waals surface area contributed by atoms with Gasteiger partial charge in [0.05, 0.1) is 16.1 Å². The fourth-order valence-corrected chi connectivity index (χ4v) is 3.70. The second kappa shape index (κ2) is 6.99. The van der Waals surface area contributed by atoms with Gasteiger partial charge in [-0.3, -0.25) is 19.7 Å². The maximum Gasteiger partial charge on any atom is 0.291 e. The molecule has 0 radical (unpaired) electrons. The van der Waals surface area contributed by atoms with Crippen LogP contribution in [0.5, 0.6) is 0 Å². The lowest BCUT2D eigenvalue weighted by atomic mass is 10.3. The Kier molecular flexibility index (Phi) is 4.77. The summed E-state index contributed by atoms with van der Waals surface area (Å²) in [5, 5.41) is 7.83. The summed E-state index contributed by atoms with van der Waals surface area (Å²) in [4.78, 5) is 40.1. The van der Waals surface area contributed by atoms with E-state index in [1.165, 1.54) is 24.5 Å². The summed E-state index contributed by atoms with van der Waals surface area (Å²) in [6.45, 7) is 3.19. The van der Waals surface area contributed by atoms with E-state index in [0.29, 0.717) is 20.7 Å². The molecule has 0 spiro atoms. The normalized spacial score (nSPS) is 10.5. The van der Waals surface area contributed by atoms with Crippen molar-refractivity contribution >= 4 is 50.4 Å². The van der Waals surface area contributed by atoms with Crippen molar-refractivity contribution in [3.8, 4) is 0 Å². The monoisotopic (exact) mass is 375 g/mol. The SMILES string of the molecule is CC(=O)c1csc(NC(=O)c2sc(NC(=O)c3ccco3)cc2C)n1. The van der Waals surface area contributed by atoms with Crippen LogP contribution in [0, 0.1) is 6.92 Å². The van der Waals surface area contributed by atoms with Crippen LogP contribution in [0.1, 0.15) is 43.2 Å². The maximum absolute atomic E-state index is 12.4. The van der Waals surface area contributed by atoms with Gasteiger partial charge in [-0.2, -0.15) is 0 Å². The Morgan fingerprint density at radius 2 is 2.00 bits per heavy atom. The Hall–Kier alpha value is -2.78. The zero-order valence-electron chi connectivity index (χ0n) is 13.3. The van der Waals surface area contributed by atoms with Gasteiger partial charge < -0.3 is 9.73 Å². The number of hydrogen-bond donors (Lipinski definition) is 2. The number of hydrogen-bond acceptors (Lipinski definition) is 7. The second-order valence-corrected chi connectivity index (χ2v) is 7.01. The fourth-order valence-electron chi connectivity index (χ4n) is 2.00. The Morgan fingerprint density at radius 1 is 1.20 bits per heavy atom. The fraction of sp³-hybridized carbons (Fsp3) is 0.125. The molecule has 7 nitrogen and oxygen atoms in total. The van der Waals surface area contributed by atoms with E-state index < -0.39 is 0 Å². The molecule has 0 atom stereocenters. The lowest BCUT2D eigenvalue weighted by molar-refractivity contribution is 0.0993. The lowest BCUT2D eigenvalue weighted by Crippen LogP contribution is -2.11. The molecule has 128 valence electrons. The number of nitrogens with zero attached hydrogens (tertiary/aromatic N) is 1. The summed E-state index contributed by atoms with van der Waals surface area (Å²) in [5.74, 6) is -0.696. The first kappa shape index (κ1) is 17.1. The van der Waals surface area contributed by atoms with Crippen molar-refractivity contribution in [2.45, 2.75) is 13.8 Å². The standard InChI is InChI=1S/C16H13N3O4S2/c1-8-6-12(18-14(21)11-4-3-5-23-11)25-13(8)15(22)19-16-17-10(7-24-16)9(2)20/h3-7H,1-2H3,(H,18,21)(H,17,19,22). The molecule has 0 bridgehead atoms. The first-order valence-corrected chi connectivity index (χ1v) is 8.87. The summed E-state index contributed by atoms with van der Waals surface area (Å²) >= 11 is 2.33. The first-order chi connectivity index (χ1) is 11.9. The number of furan rings is 1. The van der Waals surface area contributed by atoms with Crippen molar-refractivity contribution < 1.29 is 18.8 Å². The lowest BCUT2D eigenvalue weighted by Gasteiger charge is -2.00. The number of aryl methyl sites for hydroxylation is 1. The molecule has 2 N–H and O–H groups in total. The van der Waals surface area contributed by atoms with Crippen molar-refractivity contribution in [3.05, 3.63) is 51.7 Å². The Bertz CT molecular complexity index is 941. The average Bonchev–Trinajstić information content (AvgIpc) is 3.27. The van der Waals surface area contributed by atoms with E-state index in [4.69, 9.17) is 4.42 Å². The van der Waals surface area contributed by atoms with Gasteiger partial charge in [0.15, 0.2) is 16.7 Å². The highest BCUT2D eigenvalue weighted by molar-refractivity contribution is 7.18. The van der Waals surface area contributed by atoms with Crippen molar-refractivity contribution in [2.24, 2.45) is 0 Å². The van der Waals surface area contributed by atoms with Crippen molar-refractivity contribution in [3.63, 3.8) is 0 Å². The van der Waals surface area contributed by atoms with Crippen LogP contribution in [0.15, 0.2) is 34.3 Å². The van der Waals surface area contributed by atoms with E-state index in [9.17, 15) is 14.4 Å². The number of thiophene rings is 1. The van der Waals surface area contributed by atoms with Gasteiger partial charge in [0, 0.05) is 12.3 Å². The van der Waals surface area contributed by atoms with E-state index in [0.717, 1.165) is 16.9 Å². The van der Waals surface area contributed by atoms with Gasteiger partial charge in [-0.25, -0.2) is 4.98 Å². The number of amides is 2. The molecule has 0 aliphatic heterocycles. The van der Waals surface area contributed by atoms with Crippen LogP contribution in [-0.4, -0.2) is 22.6 Å². The number of thiazole rings is 1. The molecule has 0 unspecified atom stereocenters. The van der Waals surface area contributed by atoms with Gasteiger partial charge in [0.2, 0.25) is 0 Å². The minimum absolute atomic E-state index is 0.160. The van der Waals surface area contributed by atoms with E-state index in [1.54, 1.807) is 30.5 Å². The Labute approximate surface area is 150 Å². The molecular weight excluding hydrogens is 362 g/mol. The topological polar surface area (TPSA) is 101 Å². The molecule has 3 aromatic heterocycles. The number of ketones is 1. The summed E-state index contributed by atoms with van der Waals surface area (Å²) in [6.07, 6.45) is 1.41. The molecule has 0 aliphatic rings. The zero-order valence-corrected chi connectivity index (χ0v) is 14.9. The molecule has 2 amide bonds. The molecule has 3 rings (SSSR count). The van der Waals surface area contributed by atoms with Gasteiger partial charge in [0.25, 0.3) is 11.8 Å². The summed E-state index contributed by atoms with van der Waals surface area (Å²) < 4.78 is 5.03. The summed E-state index contributed by atoms with van der Waals surface area (Å²) in [7, 11) is 0. The molecule has 0 aliphatic carbocycles. The predicted octanol–water partition coefficient (Wildman–Crippen LogP) is 3.81. The molecule has 25 heavy (non-hydrogen) atoms. The third-order valence-corrected chi connectivity index (χ3v) is 5.10. The molecule has 9 heteroatoms. The van der Waals surface area contributed by atoms with Crippen LogP contribution >= 0.6 is 22.7 Å². The minimum atomic E-state index is -0.385. The predicted molar refractivity (Wildman–Crippen MR) is 95.8 cm³/mol. The first-order valence-electron chi connectivity index (χ1n) is 7.17. The zero-order chi connectivity index (χ0) is 18.0. The number of carbonyl (C=O) groups is 3. The molecule has 0 saturated heterocycles. The van der Waals surface area contributed by atoms with Gasteiger partial charge >= 0.3 is 0 Å². The molecule has 3 heterocycles. The number of Topliss-reactive ketones (excluding diaryl/α,β-unsaturated/α-hetero) is 1. The van der Waals surface area contributed by atoms with E-state index in [1.807, 2.05) is 0 Å². The van der Waals surface area contributed by atoms with Gasteiger partial charge in [-0.05, 0) is 30.7 Å². The third-order valence-electron chi connectivity index (χ3n) is 3.19. The van der Waals surface area contributed by atoms with Crippen LogP contribution in [0.25, 0.3) is 0 Å². The highest BCUT2D eigenvalue weighted by Crippen LogP contribution is 2.28. The van der Waals surface area contributed by atoms with Crippen molar-refractivity contribution in [1.29, 1.82) is 0 Å². The molecular formula is C16H13N3O4S2. The van der Waals surface area contributed by atoms with Crippen LogP contribution in [-0.2, 0) is 0 Å². The van der Waals surface area contributed by atoms with Crippen molar-refractivity contribution in [2.75, 3.05) is 10.6 Å². The van der Waals surface area contributed by atoms with E-state index in [-0.39, 0.29) is 23.4 Å².